The fourth-order valence-electron chi connectivity index (χ4n) is 1.77. The number of nitrogens with one attached hydrogen (secondary N) is 1. The highest BCUT2D eigenvalue weighted by Crippen LogP contribution is 2.14. The van der Waals surface area contributed by atoms with E-state index >= 15 is 0 Å². The molecule has 4 heteroatoms. The third kappa shape index (κ3) is 6.80. The Morgan fingerprint density at radius 2 is 2.12 bits per heavy atom. The molecular formula is C12H26N2O2. The fraction of sp³-hybridized carbons (Fsp3) is 0.917. The Morgan fingerprint density at radius 1 is 1.50 bits per heavy atom. The van der Waals surface area contributed by atoms with Gasteiger partial charge in [-0.3, -0.25) is 4.79 Å². The second-order valence-electron chi connectivity index (χ2n) is 4.96. The average molecular weight is 230 g/mol. The van der Waals surface area contributed by atoms with Crippen molar-refractivity contribution < 1.29 is 9.53 Å². The third-order valence-corrected chi connectivity index (χ3v) is 2.33. The van der Waals surface area contributed by atoms with Crippen LogP contribution in [0.2, 0.25) is 0 Å². The zero-order chi connectivity index (χ0) is 12.6. The van der Waals surface area contributed by atoms with Gasteiger partial charge < -0.3 is 15.8 Å². The van der Waals surface area contributed by atoms with Gasteiger partial charge in [-0.05, 0) is 25.7 Å². The van der Waals surface area contributed by atoms with Crippen molar-refractivity contribution >= 4 is 5.91 Å². The summed E-state index contributed by atoms with van der Waals surface area (Å²) in [6.07, 6.45) is 1.80. The van der Waals surface area contributed by atoms with E-state index in [1.54, 1.807) is 0 Å². The molecule has 0 aliphatic heterocycles. The number of carbonyl (C=O) groups is 1. The molecule has 1 atom stereocenters. The van der Waals surface area contributed by atoms with Gasteiger partial charge in [0, 0.05) is 18.7 Å². The van der Waals surface area contributed by atoms with Crippen molar-refractivity contribution in [1.82, 2.24) is 5.32 Å². The molecule has 4 nitrogen and oxygen atoms in total. The number of nitrogens with two attached hydrogens (primary N) is 1. The summed E-state index contributed by atoms with van der Waals surface area (Å²) in [4.78, 5) is 11.6. The van der Waals surface area contributed by atoms with Crippen LogP contribution in [0.3, 0.4) is 0 Å². The van der Waals surface area contributed by atoms with Crippen LogP contribution < -0.4 is 11.1 Å². The second-order valence-corrected chi connectivity index (χ2v) is 4.96. The summed E-state index contributed by atoms with van der Waals surface area (Å²) < 4.78 is 5.19. The Bertz CT molecular complexity index is 207. The minimum Gasteiger partial charge on any atom is -0.372 e. The summed E-state index contributed by atoms with van der Waals surface area (Å²) in [6, 6.07) is 0. The van der Waals surface area contributed by atoms with E-state index in [9.17, 15) is 4.79 Å². The molecule has 16 heavy (non-hydrogen) atoms. The maximum absolute atomic E-state index is 11.6. The topological polar surface area (TPSA) is 64.3 Å². The van der Waals surface area contributed by atoms with Gasteiger partial charge >= 0.3 is 0 Å². The first-order valence-electron chi connectivity index (χ1n) is 6.02. The molecule has 0 aromatic rings. The summed E-state index contributed by atoms with van der Waals surface area (Å²) in [5, 5.41) is 2.94. The van der Waals surface area contributed by atoms with Crippen molar-refractivity contribution in [3.8, 4) is 0 Å². The van der Waals surface area contributed by atoms with Crippen LogP contribution in [0.25, 0.3) is 0 Å². The van der Waals surface area contributed by atoms with Crippen molar-refractivity contribution in [2.45, 2.75) is 46.1 Å². The first-order valence-corrected chi connectivity index (χ1v) is 6.02. The predicted octanol–water partition coefficient (Wildman–Crippen LogP) is 1.29. The molecule has 0 heterocycles. The molecule has 0 aromatic carbocycles. The van der Waals surface area contributed by atoms with Gasteiger partial charge in [-0.2, -0.15) is 0 Å². The van der Waals surface area contributed by atoms with Crippen LogP contribution in [0.5, 0.6) is 0 Å². The maximum atomic E-state index is 11.6. The van der Waals surface area contributed by atoms with E-state index < -0.39 is 0 Å². The monoisotopic (exact) mass is 230 g/mol. The zero-order valence-corrected chi connectivity index (χ0v) is 11.0. The second kappa shape index (κ2) is 7.63. The minimum atomic E-state index is -0.319. The SMILES string of the molecule is CCCOCC(=O)NC(C)(CN)CC(C)C. The summed E-state index contributed by atoms with van der Waals surface area (Å²) >= 11 is 0. The molecule has 0 radical (unpaired) electrons. The normalized spacial score (nSPS) is 14.9. The lowest BCUT2D eigenvalue weighted by Gasteiger charge is -2.31. The summed E-state index contributed by atoms with van der Waals surface area (Å²) in [6.45, 7) is 9.43. The van der Waals surface area contributed by atoms with Gasteiger partial charge in [0.05, 0.1) is 0 Å². The lowest BCUT2D eigenvalue weighted by atomic mass is 9.91. The summed E-state index contributed by atoms with van der Waals surface area (Å²) in [5.74, 6) is 0.424. The van der Waals surface area contributed by atoms with Gasteiger partial charge in [-0.1, -0.05) is 20.8 Å². The van der Waals surface area contributed by atoms with Gasteiger partial charge in [0.15, 0.2) is 0 Å². The van der Waals surface area contributed by atoms with E-state index in [-0.39, 0.29) is 18.1 Å². The Kier molecular flexibility index (Phi) is 7.34. The van der Waals surface area contributed by atoms with Crippen LogP contribution in [0.15, 0.2) is 0 Å². The van der Waals surface area contributed by atoms with E-state index in [4.69, 9.17) is 10.5 Å². The Morgan fingerprint density at radius 3 is 2.56 bits per heavy atom. The van der Waals surface area contributed by atoms with Gasteiger partial charge in [0.1, 0.15) is 6.61 Å². The van der Waals surface area contributed by atoms with E-state index in [1.165, 1.54) is 0 Å². The molecule has 0 aromatic heterocycles. The quantitative estimate of drug-likeness (QED) is 0.618. The van der Waals surface area contributed by atoms with Gasteiger partial charge in [0.2, 0.25) is 5.91 Å². The van der Waals surface area contributed by atoms with E-state index in [0.717, 1.165) is 12.8 Å². The lowest BCUT2D eigenvalue weighted by molar-refractivity contribution is -0.127. The molecule has 0 saturated carbocycles. The molecule has 0 aliphatic rings. The first kappa shape index (κ1) is 15.4. The molecule has 0 aliphatic carbocycles. The highest BCUT2D eigenvalue weighted by Gasteiger charge is 2.25. The van der Waals surface area contributed by atoms with E-state index in [0.29, 0.717) is 19.1 Å². The molecule has 1 unspecified atom stereocenters. The van der Waals surface area contributed by atoms with Crippen LogP contribution in [-0.4, -0.2) is 31.2 Å². The predicted molar refractivity (Wildman–Crippen MR) is 66.2 cm³/mol. The molecule has 0 spiro atoms. The summed E-state index contributed by atoms with van der Waals surface area (Å²) in [5.41, 5.74) is 5.38. The van der Waals surface area contributed by atoms with Crippen molar-refractivity contribution in [2.75, 3.05) is 19.8 Å². The summed E-state index contributed by atoms with van der Waals surface area (Å²) in [7, 11) is 0. The Hall–Kier alpha value is -0.610. The van der Waals surface area contributed by atoms with Gasteiger partial charge in [-0.25, -0.2) is 0 Å². The maximum Gasteiger partial charge on any atom is 0.246 e. The number of carbonyl (C=O) groups excluding carboxylic acids is 1. The van der Waals surface area contributed by atoms with Crippen LogP contribution in [-0.2, 0) is 9.53 Å². The molecule has 0 fully saturated rings. The number of hydrogen-bond acceptors (Lipinski definition) is 3. The van der Waals surface area contributed by atoms with Crippen molar-refractivity contribution in [3.63, 3.8) is 0 Å². The standard InChI is InChI=1S/C12H26N2O2/c1-5-6-16-8-11(15)14-12(4,9-13)7-10(2)3/h10H,5-9,13H2,1-4H3,(H,14,15). The number of rotatable bonds is 8. The molecule has 0 saturated heterocycles. The molecule has 0 rings (SSSR count). The third-order valence-electron chi connectivity index (χ3n) is 2.33. The van der Waals surface area contributed by atoms with Crippen molar-refractivity contribution in [2.24, 2.45) is 11.7 Å². The Balaban J connectivity index is 4.04. The number of ether oxygens (including phenoxy) is 1. The molecule has 96 valence electrons. The smallest absolute Gasteiger partial charge is 0.246 e. The zero-order valence-electron chi connectivity index (χ0n) is 11.0. The van der Waals surface area contributed by atoms with Crippen LogP contribution in [0.4, 0.5) is 0 Å². The minimum absolute atomic E-state index is 0.0814. The molecule has 1 amide bonds. The first-order chi connectivity index (χ1) is 7.43. The van der Waals surface area contributed by atoms with E-state index in [1.807, 2.05) is 13.8 Å². The van der Waals surface area contributed by atoms with E-state index in [2.05, 4.69) is 19.2 Å². The van der Waals surface area contributed by atoms with Crippen molar-refractivity contribution in [3.05, 3.63) is 0 Å². The fourth-order valence-corrected chi connectivity index (χ4v) is 1.77. The lowest BCUT2D eigenvalue weighted by Crippen LogP contribution is -2.53. The molecular weight excluding hydrogens is 204 g/mol. The largest absolute Gasteiger partial charge is 0.372 e. The molecule has 3 N–H and O–H groups in total. The van der Waals surface area contributed by atoms with Gasteiger partial charge in [-0.15, -0.1) is 0 Å². The number of amides is 1. The van der Waals surface area contributed by atoms with Crippen molar-refractivity contribution in [1.29, 1.82) is 0 Å². The Labute approximate surface area is 98.9 Å². The van der Waals surface area contributed by atoms with Gasteiger partial charge in [0.25, 0.3) is 0 Å². The average Bonchev–Trinajstić information content (AvgIpc) is 2.16. The van der Waals surface area contributed by atoms with Crippen LogP contribution in [0.1, 0.15) is 40.5 Å². The van der Waals surface area contributed by atoms with Crippen LogP contribution >= 0.6 is 0 Å². The van der Waals surface area contributed by atoms with Crippen LogP contribution in [0, 0.1) is 5.92 Å². The highest BCUT2D eigenvalue weighted by atomic mass is 16.5. The highest BCUT2D eigenvalue weighted by molar-refractivity contribution is 5.78. The number of hydrogen-bond donors (Lipinski definition) is 2. The molecule has 0 bridgehead atoms.